The molecule has 1 fully saturated rings. The molecule has 9 heteroatoms. The second-order valence-corrected chi connectivity index (χ2v) is 10.6. The number of halogens is 1. The van der Waals surface area contributed by atoms with Crippen molar-refractivity contribution in [1.82, 2.24) is 0 Å². The van der Waals surface area contributed by atoms with Crippen molar-refractivity contribution in [1.29, 1.82) is 0 Å². The normalized spacial score (nSPS) is 14.3. The quantitative estimate of drug-likeness (QED) is 0.260. The number of aryl methyl sites for hydroxylation is 3. The van der Waals surface area contributed by atoms with Gasteiger partial charge in [-0.15, -0.1) is 0 Å². The van der Waals surface area contributed by atoms with E-state index in [9.17, 15) is 9.59 Å². The topological polar surface area (TPSA) is 67.9 Å². The smallest absolute Gasteiger partial charge is 0.270 e. The fourth-order valence-electron chi connectivity index (χ4n) is 3.62. The van der Waals surface area contributed by atoms with E-state index in [4.69, 9.17) is 33.3 Å². The molecule has 190 valence electrons. The molecular weight excluding hydrogens is 528 g/mol. The molecule has 1 aliphatic rings. The fourth-order valence-corrected chi connectivity index (χ4v) is 5.09. The van der Waals surface area contributed by atoms with Crippen LogP contribution in [0.25, 0.3) is 6.08 Å². The molecule has 0 atom stereocenters. The van der Waals surface area contributed by atoms with Crippen molar-refractivity contribution in [3.8, 4) is 11.5 Å². The predicted molar refractivity (Wildman–Crippen MR) is 155 cm³/mol. The Kier molecular flexibility index (Phi) is 8.22. The van der Waals surface area contributed by atoms with Gasteiger partial charge in [0.25, 0.3) is 11.8 Å². The van der Waals surface area contributed by atoms with E-state index in [-0.39, 0.29) is 18.4 Å². The molecular formula is C28H25ClN2O4S2. The fraction of sp³-hybridized carbons (Fsp3) is 0.179. The highest BCUT2D eigenvalue weighted by Crippen LogP contribution is 2.38. The molecule has 1 saturated heterocycles. The Labute approximate surface area is 230 Å². The highest BCUT2D eigenvalue weighted by molar-refractivity contribution is 8.27. The molecule has 1 heterocycles. The molecule has 6 nitrogen and oxygen atoms in total. The summed E-state index contributed by atoms with van der Waals surface area (Å²) >= 11 is 12.9. The zero-order valence-corrected chi connectivity index (χ0v) is 23.1. The number of nitrogens with one attached hydrogen (secondary N) is 1. The number of anilines is 2. The van der Waals surface area contributed by atoms with Crippen molar-refractivity contribution < 1.29 is 19.1 Å². The molecule has 0 aliphatic carbocycles. The lowest BCUT2D eigenvalue weighted by Gasteiger charge is -2.15. The van der Waals surface area contributed by atoms with E-state index in [0.717, 1.165) is 22.3 Å². The molecule has 0 radical (unpaired) electrons. The van der Waals surface area contributed by atoms with Gasteiger partial charge in [-0.05, 0) is 85.5 Å². The lowest BCUT2D eigenvalue weighted by atomic mass is 10.1. The van der Waals surface area contributed by atoms with E-state index in [2.05, 4.69) is 5.32 Å². The van der Waals surface area contributed by atoms with Gasteiger partial charge >= 0.3 is 0 Å². The molecule has 3 aromatic rings. The molecule has 0 aromatic heterocycles. The number of hydrogen-bond donors (Lipinski definition) is 1. The second kappa shape index (κ2) is 11.4. The summed E-state index contributed by atoms with van der Waals surface area (Å²) in [5.41, 5.74) is 5.23. The first-order chi connectivity index (χ1) is 17.7. The summed E-state index contributed by atoms with van der Waals surface area (Å²) < 4.78 is 11.6. The zero-order chi connectivity index (χ0) is 26.7. The molecule has 0 spiro atoms. The van der Waals surface area contributed by atoms with E-state index >= 15 is 0 Å². The Morgan fingerprint density at radius 2 is 1.78 bits per heavy atom. The van der Waals surface area contributed by atoms with Crippen LogP contribution in [-0.4, -0.2) is 29.9 Å². The van der Waals surface area contributed by atoms with Crippen LogP contribution in [0.5, 0.6) is 11.5 Å². The van der Waals surface area contributed by atoms with Gasteiger partial charge in [0.1, 0.15) is 0 Å². The van der Waals surface area contributed by atoms with Crippen LogP contribution in [0.3, 0.4) is 0 Å². The predicted octanol–water partition coefficient (Wildman–Crippen LogP) is 6.70. The lowest BCUT2D eigenvalue weighted by molar-refractivity contribution is -0.118. The number of thiocarbonyl (C=S) groups is 1. The van der Waals surface area contributed by atoms with Gasteiger partial charge in [-0.25, -0.2) is 0 Å². The summed E-state index contributed by atoms with van der Waals surface area (Å²) in [4.78, 5) is 27.4. The summed E-state index contributed by atoms with van der Waals surface area (Å²) in [5.74, 6) is 0.344. The number of thioether (sulfide) groups is 1. The Morgan fingerprint density at radius 3 is 2.49 bits per heavy atom. The third-order valence-corrected chi connectivity index (χ3v) is 7.55. The van der Waals surface area contributed by atoms with Crippen LogP contribution in [-0.2, 0) is 9.59 Å². The standard InChI is InChI=1S/C28H25ClN2O4S2/c1-16-5-8-20(11-18(16)3)30-26(32)15-35-23-10-7-19(12-24(23)34-4)13-25-27(33)31(28(36)37-25)21-9-6-17(2)22(29)14-21/h5-14H,15H2,1-4H3,(H,30,32)/b25-13-. The van der Waals surface area contributed by atoms with Gasteiger partial charge in [0.15, 0.2) is 22.4 Å². The van der Waals surface area contributed by atoms with Crippen molar-refractivity contribution in [2.45, 2.75) is 20.8 Å². The molecule has 1 aliphatic heterocycles. The maximum absolute atomic E-state index is 13.1. The number of carbonyl (C=O) groups is 2. The molecule has 37 heavy (non-hydrogen) atoms. The molecule has 4 rings (SSSR count). The van der Waals surface area contributed by atoms with Crippen molar-refractivity contribution in [2.24, 2.45) is 0 Å². The summed E-state index contributed by atoms with van der Waals surface area (Å²) in [6, 6.07) is 16.4. The van der Waals surface area contributed by atoms with Crippen LogP contribution in [0.1, 0.15) is 22.3 Å². The largest absolute Gasteiger partial charge is 0.493 e. The Bertz CT molecular complexity index is 1440. The number of amides is 2. The van der Waals surface area contributed by atoms with Crippen molar-refractivity contribution in [2.75, 3.05) is 23.9 Å². The first-order valence-electron chi connectivity index (χ1n) is 11.4. The van der Waals surface area contributed by atoms with E-state index in [1.54, 1.807) is 30.3 Å². The third kappa shape index (κ3) is 6.15. The van der Waals surface area contributed by atoms with Crippen LogP contribution >= 0.6 is 35.6 Å². The average Bonchev–Trinajstić information content (AvgIpc) is 3.14. The van der Waals surface area contributed by atoms with Gasteiger partial charge in [0, 0.05) is 10.7 Å². The minimum absolute atomic E-state index is 0.180. The van der Waals surface area contributed by atoms with Crippen LogP contribution in [0.2, 0.25) is 5.02 Å². The third-order valence-electron chi connectivity index (χ3n) is 5.84. The van der Waals surface area contributed by atoms with Gasteiger partial charge in [-0.3, -0.25) is 14.5 Å². The molecule has 1 N–H and O–H groups in total. The number of benzene rings is 3. The number of hydrogen-bond acceptors (Lipinski definition) is 6. The summed E-state index contributed by atoms with van der Waals surface area (Å²) in [6.45, 7) is 5.72. The minimum Gasteiger partial charge on any atom is -0.493 e. The van der Waals surface area contributed by atoms with Crippen molar-refractivity contribution >= 4 is 69.2 Å². The number of carbonyl (C=O) groups excluding carboxylic acids is 2. The van der Waals surface area contributed by atoms with E-state index < -0.39 is 0 Å². The summed E-state index contributed by atoms with van der Waals surface area (Å²) in [5, 5.41) is 3.40. The zero-order valence-electron chi connectivity index (χ0n) is 20.8. The number of nitrogens with zero attached hydrogens (tertiary/aromatic N) is 1. The van der Waals surface area contributed by atoms with Crippen molar-refractivity contribution in [3.63, 3.8) is 0 Å². The monoisotopic (exact) mass is 552 g/mol. The molecule has 2 amide bonds. The average molecular weight is 553 g/mol. The maximum atomic E-state index is 13.1. The van der Waals surface area contributed by atoms with Gasteiger partial charge in [0.2, 0.25) is 0 Å². The van der Waals surface area contributed by atoms with E-state index in [0.29, 0.717) is 37.1 Å². The highest BCUT2D eigenvalue weighted by atomic mass is 35.5. The van der Waals surface area contributed by atoms with Crippen LogP contribution in [0, 0.1) is 20.8 Å². The maximum Gasteiger partial charge on any atom is 0.270 e. The van der Waals surface area contributed by atoms with Crippen molar-refractivity contribution in [3.05, 3.63) is 86.8 Å². The van der Waals surface area contributed by atoms with E-state index in [1.165, 1.54) is 23.8 Å². The summed E-state index contributed by atoms with van der Waals surface area (Å²) in [6.07, 6.45) is 1.74. The van der Waals surface area contributed by atoms with Gasteiger partial charge in [-0.2, -0.15) is 0 Å². The van der Waals surface area contributed by atoms with Crippen LogP contribution in [0.15, 0.2) is 59.5 Å². The van der Waals surface area contributed by atoms with E-state index in [1.807, 2.05) is 51.1 Å². The van der Waals surface area contributed by atoms with Crippen LogP contribution < -0.4 is 19.7 Å². The van der Waals surface area contributed by atoms with Crippen LogP contribution in [0.4, 0.5) is 11.4 Å². The first kappa shape index (κ1) is 26.7. The molecule has 3 aromatic carbocycles. The Morgan fingerprint density at radius 1 is 1.03 bits per heavy atom. The summed E-state index contributed by atoms with van der Waals surface area (Å²) in [7, 11) is 1.52. The van der Waals surface area contributed by atoms with Gasteiger partial charge < -0.3 is 14.8 Å². The minimum atomic E-state index is -0.283. The first-order valence-corrected chi connectivity index (χ1v) is 13.0. The number of rotatable bonds is 7. The number of ether oxygens (including phenoxy) is 2. The SMILES string of the molecule is COc1cc(/C=C2\SC(=S)N(c3ccc(C)c(Cl)c3)C2=O)ccc1OCC(=O)Nc1ccc(C)c(C)c1. The Hall–Kier alpha value is -3.33. The molecule has 0 saturated carbocycles. The number of methoxy groups -OCH3 is 1. The van der Waals surface area contributed by atoms with Gasteiger partial charge in [0.05, 0.1) is 17.7 Å². The van der Waals surface area contributed by atoms with Gasteiger partial charge in [-0.1, -0.05) is 53.8 Å². The lowest BCUT2D eigenvalue weighted by Crippen LogP contribution is -2.27. The highest BCUT2D eigenvalue weighted by Gasteiger charge is 2.33. The second-order valence-electron chi connectivity index (χ2n) is 8.50. The Balaban J connectivity index is 1.45. The molecule has 0 unspecified atom stereocenters. The molecule has 0 bridgehead atoms.